The largest absolute Gasteiger partial charge is 0.497 e. The van der Waals surface area contributed by atoms with Crippen LogP contribution in [-0.2, 0) is 0 Å². The van der Waals surface area contributed by atoms with E-state index < -0.39 is 0 Å². The number of pyridine rings is 2. The van der Waals surface area contributed by atoms with Gasteiger partial charge in [0.15, 0.2) is 0 Å². The molecule has 54 heavy (non-hydrogen) atoms. The van der Waals surface area contributed by atoms with Gasteiger partial charge in [-0.2, -0.15) is 9.59 Å². The lowest BCUT2D eigenvalue weighted by atomic mass is 9.93. The predicted octanol–water partition coefficient (Wildman–Crippen LogP) is 9.25. The first-order chi connectivity index (χ1) is 26.5. The molecule has 0 fully saturated rings. The lowest BCUT2D eigenvalue weighted by Crippen LogP contribution is -1.98. The predicted molar refractivity (Wildman–Crippen MR) is 211 cm³/mol. The van der Waals surface area contributed by atoms with Crippen molar-refractivity contribution in [3.05, 3.63) is 145 Å². The molecule has 0 radical (unpaired) electrons. The summed E-state index contributed by atoms with van der Waals surface area (Å²) in [5.41, 5.74) is 14.9. The molecule has 0 aliphatic carbocycles. The number of methoxy groups -OCH3 is 2. The first kappa shape index (κ1) is 32.7. The molecule has 0 amide bonds. The minimum Gasteiger partial charge on any atom is -0.497 e. The Morgan fingerprint density at radius 3 is 1.35 bits per heavy atom. The normalized spacial score (nSPS) is 11.3. The lowest BCUT2D eigenvalue weighted by molar-refractivity contribution is 0.414. The molecule has 10 nitrogen and oxygen atoms in total. The summed E-state index contributed by atoms with van der Waals surface area (Å²) in [5.74, 6) is 1.60. The standard InChI is InChI=1S/C44H34N8O2/c1-27-5-11-37(40(25-27)54-4)39-16-14-36(42-44(39)50-52(48-42)32-19-23-46-24-20-32)30-8-6-29(7-9-30)35-13-15-38(34-12-10-33(53-3)26-28(34)2)43-41(35)47-51(49-43)31-17-21-45-22-18-31/h5-26H,1-4H3. The summed E-state index contributed by atoms with van der Waals surface area (Å²) in [4.78, 5) is 11.7. The molecule has 0 atom stereocenters. The van der Waals surface area contributed by atoms with Gasteiger partial charge in [-0.05, 0) is 84.1 Å². The van der Waals surface area contributed by atoms with E-state index in [0.717, 1.165) is 101 Å². The van der Waals surface area contributed by atoms with Crippen LogP contribution in [0.2, 0.25) is 0 Å². The second-order valence-corrected chi connectivity index (χ2v) is 13.1. The lowest BCUT2D eigenvalue weighted by Gasteiger charge is -2.12. The second kappa shape index (κ2) is 13.4. The maximum absolute atomic E-state index is 5.81. The van der Waals surface area contributed by atoms with Crippen LogP contribution in [0.25, 0.3) is 77.9 Å². The van der Waals surface area contributed by atoms with E-state index in [9.17, 15) is 0 Å². The highest BCUT2D eigenvalue weighted by Crippen LogP contribution is 2.40. The topological polar surface area (TPSA) is 106 Å². The van der Waals surface area contributed by atoms with Gasteiger partial charge in [0.25, 0.3) is 0 Å². The number of aryl methyl sites for hydroxylation is 2. The van der Waals surface area contributed by atoms with Gasteiger partial charge in [0.1, 0.15) is 33.6 Å². The van der Waals surface area contributed by atoms with Gasteiger partial charge < -0.3 is 9.47 Å². The first-order valence-electron chi connectivity index (χ1n) is 17.5. The Balaban J connectivity index is 1.17. The quantitative estimate of drug-likeness (QED) is 0.154. The van der Waals surface area contributed by atoms with E-state index in [2.05, 4.69) is 90.5 Å². The molecular weight excluding hydrogens is 673 g/mol. The van der Waals surface area contributed by atoms with Gasteiger partial charge >= 0.3 is 0 Å². The summed E-state index contributed by atoms with van der Waals surface area (Å²) < 4.78 is 11.3. The minimum absolute atomic E-state index is 0.773. The van der Waals surface area contributed by atoms with Crippen molar-refractivity contribution in [3.8, 4) is 67.4 Å². The SMILES string of the molecule is COc1ccc(-c2ccc(-c3ccc(-c4ccc(-c5ccc(C)cc5OC)c5nn(-c6ccncc6)nc45)cc3)c3nn(-c4ccncc4)nc23)c(C)c1. The second-order valence-electron chi connectivity index (χ2n) is 13.1. The fourth-order valence-corrected chi connectivity index (χ4v) is 6.99. The van der Waals surface area contributed by atoms with Gasteiger partial charge in [0.05, 0.1) is 25.6 Å². The van der Waals surface area contributed by atoms with Crippen molar-refractivity contribution >= 4 is 22.1 Å². The number of hydrogen-bond acceptors (Lipinski definition) is 8. The van der Waals surface area contributed by atoms with E-state index in [0.29, 0.717) is 0 Å². The highest BCUT2D eigenvalue weighted by molar-refractivity contribution is 6.03. The van der Waals surface area contributed by atoms with E-state index in [1.165, 1.54) is 0 Å². The monoisotopic (exact) mass is 706 g/mol. The van der Waals surface area contributed by atoms with Crippen LogP contribution >= 0.6 is 0 Å². The van der Waals surface area contributed by atoms with Crippen molar-refractivity contribution in [2.45, 2.75) is 13.8 Å². The zero-order valence-corrected chi connectivity index (χ0v) is 30.1. The van der Waals surface area contributed by atoms with Gasteiger partial charge in [0, 0.05) is 52.6 Å². The van der Waals surface area contributed by atoms with Crippen molar-refractivity contribution in [1.29, 1.82) is 0 Å². The summed E-state index contributed by atoms with van der Waals surface area (Å²) >= 11 is 0. The van der Waals surface area contributed by atoms with Crippen molar-refractivity contribution in [3.63, 3.8) is 0 Å². The van der Waals surface area contributed by atoms with Crippen LogP contribution in [0.15, 0.2) is 134 Å². The zero-order valence-electron chi connectivity index (χ0n) is 30.1. The molecular formula is C44H34N8O2. The van der Waals surface area contributed by atoms with Crippen LogP contribution in [0.3, 0.4) is 0 Å². The zero-order chi connectivity index (χ0) is 36.8. The number of benzene rings is 5. The Hall–Kier alpha value is -7.20. The molecule has 0 unspecified atom stereocenters. The van der Waals surface area contributed by atoms with E-state index in [1.807, 2.05) is 42.5 Å². The Labute approximate surface area is 311 Å². The van der Waals surface area contributed by atoms with Crippen molar-refractivity contribution in [1.82, 2.24) is 40.0 Å². The van der Waals surface area contributed by atoms with Crippen LogP contribution < -0.4 is 9.47 Å². The number of aromatic nitrogens is 8. The minimum atomic E-state index is 0.773. The third-order valence-corrected chi connectivity index (χ3v) is 9.75. The van der Waals surface area contributed by atoms with E-state index >= 15 is 0 Å². The van der Waals surface area contributed by atoms with Crippen LogP contribution in [0.5, 0.6) is 11.5 Å². The third-order valence-electron chi connectivity index (χ3n) is 9.75. The van der Waals surface area contributed by atoms with Crippen molar-refractivity contribution in [2.24, 2.45) is 0 Å². The number of hydrogen-bond donors (Lipinski definition) is 0. The summed E-state index contributed by atoms with van der Waals surface area (Å²) in [6.45, 7) is 4.14. The van der Waals surface area contributed by atoms with Crippen LogP contribution in [0.1, 0.15) is 11.1 Å². The number of nitrogens with zero attached hydrogens (tertiary/aromatic N) is 8. The maximum atomic E-state index is 5.81. The Kier molecular flexibility index (Phi) is 8.12. The van der Waals surface area contributed by atoms with Gasteiger partial charge in [-0.1, -0.05) is 66.7 Å². The van der Waals surface area contributed by atoms with E-state index in [-0.39, 0.29) is 0 Å². The molecule has 9 aromatic rings. The molecule has 0 bridgehead atoms. The number of ether oxygens (including phenoxy) is 2. The molecule has 0 aliphatic rings. The molecule has 5 aromatic carbocycles. The third kappa shape index (κ3) is 5.70. The molecule has 10 heteroatoms. The first-order valence-corrected chi connectivity index (χ1v) is 17.5. The molecule has 0 saturated heterocycles. The number of fused-ring (bicyclic) bond motifs is 2. The average molecular weight is 707 g/mol. The maximum Gasteiger partial charge on any atom is 0.127 e. The molecule has 4 heterocycles. The molecule has 0 spiro atoms. The molecule has 9 rings (SSSR count). The van der Waals surface area contributed by atoms with E-state index in [4.69, 9.17) is 29.9 Å². The molecule has 0 aliphatic heterocycles. The van der Waals surface area contributed by atoms with Crippen molar-refractivity contribution in [2.75, 3.05) is 14.2 Å². The van der Waals surface area contributed by atoms with Crippen LogP contribution in [-0.4, -0.2) is 54.2 Å². The molecule has 4 aromatic heterocycles. The van der Waals surface area contributed by atoms with Gasteiger partial charge in [-0.3, -0.25) is 9.97 Å². The number of rotatable bonds is 8. The van der Waals surface area contributed by atoms with Gasteiger partial charge in [0.2, 0.25) is 0 Å². The molecule has 262 valence electrons. The van der Waals surface area contributed by atoms with Crippen LogP contribution in [0, 0.1) is 13.8 Å². The summed E-state index contributed by atoms with van der Waals surface area (Å²) in [6, 6.07) is 36.9. The fraction of sp³-hybridized carbons (Fsp3) is 0.0909. The summed E-state index contributed by atoms with van der Waals surface area (Å²) in [7, 11) is 3.37. The highest BCUT2D eigenvalue weighted by Gasteiger charge is 2.20. The Bertz CT molecular complexity index is 2810. The Morgan fingerprint density at radius 1 is 0.426 bits per heavy atom. The fourth-order valence-electron chi connectivity index (χ4n) is 6.99. The smallest absolute Gasteiger partial charge is 0.127 e. The summed E-state index contributed by atoms with van der Waals surface area (Å²) in [5, 5.41) is 20.1. The molecule has 0 N–H and O–H groups in total. The van der Waals surface area contributed by atoms with Gasteiger partial charge in [-0.15, -0.1) is 20.4 Å². The van der Waals surface area contributed by atoms with E-state index in [1.54, 1.807) is 48.6 Å². The summed E-state index contributed by atoms with van der Waals surface area (Å²) in [6.07, 6.45) is 6.97. The highest BCUT2D eigenvalue weighted by atomic mass is 16.5. The van der Waals surface area contributed by atoms with Gasteiger partial charge in [-0.25, -0.2) is 0 Å². The average Bonchev–Trinajstić information content (AvgIpc) is 3.88. The Morgan fingerprint density at radius 2 is 0.870 bits per heavy atom. The van der Waals surface area contributed by atoms with Crippen LogP contribution in [0.4, 0.5) is 0 Å². The van der Waals surface area contributed by atoms with Crippen molar-refractivity contribution < 1.29 is 9.47 Å². The molecule has 0 saturated carbocycles.